The lowest BCUT2D eigenvalue weighted by Gasteiger charge is -2.33. The molecule has 4 heterocycles. The molecule has 0 spiro atoms. The Morgan fingerprint density at radius 2 is 1.74 bits per heavy atom. The zero-order valence-corrected chi connectivity index (χ0v) is 12.8. The second kappa shape index (κ2) is 5.03. The molecule has 2 bridgehead atoms. The molecule has 3 aromatic rings. The van der Waals surface area contributed by atoms with Crippen LogP contribution in [-0.2, 0) is 0 Å². The maximum atomic E-state index is 4.62. The monoisotopic (exact) mass is 306 g/mol. The van der Waals surface area contributed by atoms with Gasteiger partial charge in [-0.1, -0.05) is 18.2 Å². The lowest BCUT2D eigenvalue weighted by atomic mass is 10.2. The largest absolute Gasteiger partial charge is 0.352 e. The van der Waals surface area contributed by atoms with Crippen molar-refractivity contribution in [2.45, 2.75) is 24.9 Å². The molecule has 0 aliphatic carbocycles. The Labute approximate surface area is 134 Å². The van der Waals surface area contributed by atoms with Gasteiger partial charge in [0.1, 0.15) is 12.7 Å². The number of hydrogen-bond acceptors (Lipinski definition) is 5. The van der Waals surface area contributed by atoms with Crippen LogP contribution in [-0.4, -0.2) is 44.7 Å². The van der Waals surface area contributed by atoms with Crippen LogP contribution in [0.25, 0.3) is 16.9 Å². The van der Waals surface area contributed by atoms with Crippen LogP contribution in [0.3, 0.4) is 0 Å². The molecule has 1 aromatic carbocycles. The molecule has 1 N–H and O–H groups in total. The average molecular weight is 306 g/mol. The molecule has 6 nitrogen and oxygen atoms in total. The Morgan fingerprint density at radius 3 is 2.52 bits per heavy atom. The number of benzene rings is 1. The predicted octanol–water partition coefficient (Wildman–Crippen LogP) is 1.76. The molecule has 2 aliphatic heterocycles. The summed E-state index contributed by atoms with van der Waals surface area (Å²) in [5, 5.41) is 3.66. The highest BCUT2D eigenvalue weighted by molar-refractivity contribution is 5.84. The van der Waals surface area contributed by atoms with Crippen LogP contribution in [0.5, 0.6) is 0 Å². The number of anilines is 1. The van der Waals surface area contributed by atoms with Crippen molar-refractivity contribution in [3.05, 3.63) is 43.0 Å². The van der Waals surface area contributed by atoms with Crippen molar-refractivity contribution in [1.29, 1.82) is 0 Å². The van der Waals surface area contributed by atoms with Crippen LogP contribution in [0.1, 0.15) is 12.8 Å². The molecule has 2 aliphatic rings. The normalized spacial score (nSPS) is 23.6. The van der Waals surface area contributed by atoms with Gasteiger partial charge in [0.05, 0.1) is 0 Å². The van der Waals surface area contributed by atoms with E-state index in [1.807, 2.05) is 29.1 Å². The highest BCUT2D eigenvalue weighted by Gasteiger charge is 2.33. The SMILES string of the molecule is c1ccc(-n2cnc3c(N4CC5CCC(C4)N5)ncnc32)cc1. The van der Waals surface area contributed by atoms with Crippen LogP contribution in [0.15, 0.2) is 43.0 Å². The molecule has 6 heteroatoms. The number of nitrogens with one attached hydrogen (secondary N) is 1. The molecule has 5 rings (SSSR count). The Bertz CT molecular complexity index is 831. The van der Waals surface area contributed by atoms with Crippen LogP contribution in [0.4, 0.5) is 5.82 Å². The van der Waals surface area contributed by atoms with Crippen molar-refractivity contribution in [2.75, 3.05) is 18.0 Å². The van der Waals surface area contributed by atoms with E-state index < -0.39 is 0 Å². The zero-order valence-electron chi connectivity index (χ0n) is 12.8. The van der Waals surface area contributed by atoms with Crippen LogP contribution in [0.2, 0.25) is 0 Å². The fourth-order valence-corrected chi connectivity index (χ4v) is 3.80. The number of rotatable bonds is 2. The highest BCUT2D eigenvalue weighted by atomic mass is 15.3. The number of nitrogens with zero attached hydrogens (tertiary/aromatic N) is 5. The standard InChI is InChI=1S/C17H18N6/c1-2-4-14(5-3-1)23-11-20-15-16(18-10-19-17(15)23)22-8-12-6-7-13(9-22)21-12/h1-5,10-13,21H,6-9H2. The fourth-order valence-electron chi connectivity index (χ4n) is 3.80. The maximum absolute atomic E-state index is 4.62. The molecular weight excluding hydrogens is 288 g/mol. The minimum Gasteiger partial charge on any atom is -0.352 e. The first kappa shape index (κ1) is 13.0. The van der Waals surface area contributed by atoms with Gasteiger partial charge in [0.25, 0.3) is 0 Å². The first-order valence-corrected chi connectivity index (χ1v) is 8.13. The Kier molecular flexibility index (Phi) is 2.84. The summed E-state index contributed by atoms with van der Waals surface area (Å²) in [5.41, 5.74) is 2.82. The summed E-state index contributed by atoms with van der Waals surface area (Å²) in [5.74, 6) is 0.961. The first-order valence-electron chi connectivity index (χ1n) is 8.13. The summed E-state index contributed by atoms with van der Waals surface area (Å²) in [6.07, 6.45) is 6.01. The minimum atomic E-state index is 0.579. The van der Waals surface area contributed by atoms with Gasteiger partial charge in [-0.15, -0.1) is 0 Å². The number of hydrogen-bond donors (Lipinski definition) is 1. The number of aromatic nitrogens is 4. The van der Waals surface area contributed by atoms with Gasteiger partial charge in [-0.3, -0.25) is 4.57 Å². The molecule has 2 atom stereocenters. The lowest BCUT2D eigenvalue weighted by Crippen LogP contribution is -2.51. The van der Waals surface area contributed by atoms with Crippen molar-refractivity contribution >= 4 is 17.0 Å². The smallest absolute Gasteiger partial charge is 0.170 e. The Hall–Kier alpha value is -2.47. The summed E-state index contributed by atoms with van der Waals surface area (Å²) in [6, 6.07) is 11.3. The number of para-hydroxylation sites is 1. The maximum Gasteiger partial charge on any atom is 0.170 e. The van der Waals surface area contributed by atoms with Crippen molar-refractivity contribution in [1.82, 2.24) is 24.8 Å². The van der Waals surface area contributed by atoms with Crippen molar-refractivity contribution in [3.63, 3.8) is 0 Å². The zero-order chi connectivity index (χ0) is 15.2. The molecule has 0 amide bonds. The van der Waals surface area contributed by atoms with E-state index in [4.69, 9.17) is 0 Å². The van der Waals surface area contributed by atoms with E-state index in [0.29, 0.717) is 12.1 Å². The van der Waals surface area contributed by atoms with Crippen molar-refractivity contribution < 1.29 is 0 Å². The van der Waals surface area contributed by atoms with Crippen LogP contribution >= 0.6 is 0 Å². The van der Waals surface area contributed by atoms with Crippen LogP contribution in [0, 0.1) is 0 Å². The van der Waals surface area contributed by atoms with Crippen molar-refractivity contribution in [3.8, 4) is 5.69 Å². The topological polar surface area (TPSA) is 58.9 Å². The van der Waals surface area contributed by atoms with E-state index in [9.17, 15) is 0 Å². The highest BCUT2D eigenvalue weighted by Crippen LogP contribution is 2.28. The molecule has 2 saturated heterocycles. The molecular formula is C17H18N6. The van der Waals surface area contributed by atoms with Crippen LogP contribution < -0.4 is 10.2 Å². The fraction of sp³-hybridized carbons (Fsp3) is 0.353. The molecule has 0 saturated carbocycles. The third-order valence-corrected chi connectivity index (χ3v) is 4.86. The molecule has 2 unspecified atom stereocenters. The van der Waals surface area contributed by atoms with Gasteiger partial charge >= 0.3 is 0 Å². The minimum absolute atomic E-state index is 0.579. The van der Waals surface area contributed by atoms with Gasteiger partial charge in [-0.2, -0.15) is 0 Å². The number of fused-ring (bicyclic) bond motifs is 3. The quantitative estimate of drug-likeness (QED) is 0.782. The predicted molar refractivity (Wildman–Crippen MR) is 88.8 cm³/mol. The van der Waals surface area contributed by atoms with Gasteiger partial charge in [-0.25, -0.2) is 15.0 Å². The van der Waals surface area contributed by atoms with E-state index in [2.05, 4.69) is 37.3 Å². The second-order valence-corrected chi connectivity index (χ2v) is 6.36. The lowest BCUT2D eigenvalue weighted by molar-refractivity contribution is 0.464. The van der Waals surface area contributed by atoms with Gasteiger partial charge in [0, 0.05) is 30.9 Å². The Balaban J connectivity index is 1.60. The van der Waals surface area contributed by atoms with Gasteiger partial charge in [0.15, 0.2) is 17.0 Å². The summed E-state index contributed by atoms with van der Waals surface area (Å²) in [4.78, 5) is 16.0. The van der Waals surface area contributed by atoms with Gasteiger partial charge < -0.3 is 10.2 Å². The third kappa shape index (κ3) is 2.09. The number of piperazine rings is 1. The average Bonchev–Trinajstić information content (AvgIpc) is 3.18. The molecule has 2 aromatic heterocycles. The van der Waals surface area contributed by atoms with Gasteiger partial charge in [0.2, 0.25) is 0 Å². The molecule has 116 valence electrons. The second-order valence-electron chi connectivity index (χ2n) is 6.36. The van der Waals surface area contributed by atoms with E-state index in [0.717, 1.165) is 35.8 Å². The van der Waals surface area contributed by atoms with E-state index in [1.165, 1.54) is 12.8 Å². The van der Waals surface area contributed by atoms with E-state index in [1.54, 1.807) is 6.33 Å². The summed E-state index contributed by atoms with van der Waals surface area (Å²) < 4.78 is 2.03. The summed E-state index contributed by atoms with van der Waals surface area (Å²) in [6.45, 7) is 2.00. The summed E-state index contributed by atoms with van der Waals surface area (Å²) in [7, 11) is 0. The third-order valence-electron chi connectivity index (χ3n) is 4.86. The molecule has 2 fully saturated rings. The Morgan fingerprint density at radius 1 is 0.957 bits per heavy atom. The molecule has 23 heavy (non-hydrogen) atoms. The summed E-state index contributed by atoms with van der Waals surface area (Å²) >= 11 is 0. The van der Waals surface area contributed by atoms with Gasteiger partial charge in [-0.05, 0) is 25.0 Å². The number of imidazole rings is 1. The van der Waals surface area contributed by atoms with E-state index >= 15 is 0 Å². The molecule has 0 radical (unpaired) electrons. The first-order chi connectivity index (χ1) is 11.4. The van der Waals surface area contributed by atoms with E-state index in [-0.39, 0.29) is 0 Å². The van der Waals surface area contributed by atoms with Crippen molar-refractivity contribution in [2.24, 2.45) is 0 Å².